The van der Waals surface area contributed by atoms with Gasteiger partial charge in [0.2, 0.25) is 0 Å². The van der Waals surface area contributed by atoms with E-state index in [1.807, 2.05) is 0 Å². The Morgan fingerprint density at radius 1 is 0.287 bits per heavy atom. The van der Waals surface area contributed by atoms with E-state index >= 15 is 0 Å². The maximum atomic E-state index is 12.4. The zero-order valence-electron chi connectivity index (χ0n) is 54.4. The van der Waals surface area contributed by atoms with Crippen LogP contribution in [0.25, 0.3) is 0 Å². The standard InChI is InChI=1S/C75H142O5/c1-3-5-7-9-11-13-15-17-19-21-23-25-27-29-31-33-34-35-36-37-38-39-40-42-44-46-48-50-52-54-56-58-60-62-64-66-68-70-75(78)80-73(71-76)72-79-74(77)69-67-65-63-61-59-57-55-53-51-49-47-45-43-41-32-30-28-26-24-22-20-18-16-14-12-10-8-6-4-2/h15,17,21-24,73,76H,3-14,16,18-20,25-72H2,1-2H3/b17-15-,23-21-,24-22-. The number of hydrogen-bond donors (Lipinski definition) is 1. The maximum absolute atomic E-state index is 12.4. The minimum atomic E-state index is -0.769. The maximum Gasteiger partial charge on any atom is 0.306 e. The minimum absolute atomic E-state index is 0.0587. The predicted molar refractivity (Wildman–Crippen MR) is 353 cm³/mol. The second-order valence-corrected chi connectivity index (χ2v) is 25.0. The fraction of sp³-hybridized carbons (Fsp3) is 0.893. The summed E-state index contributed by atoms with van der Waals surface area (Å²) in [6.45, 7) is 4.20. The number of rotatable bonds is 69. The van der Waals surface area contributed by atoms with Crippen molar-refractivity contribution < 1.29 is 24.2 Å². The monoisotopic (exact) mass is 1120 g/mol. The van der Waals surface area contributed by atoms with Crippen LogP contribution in [-0.2, 0) is 19.1 Å². The Morgan fingerprint density at radius 2 is 0.500 bits per heavy atom. The van der Waals surface area contributed by atoms with Gasteiger partial charge in [0, 0.05) is 12.8 Å². The fourth-order valence-corrected chi connectivity index (χ4v) is 11.4. The second-order valence-electron chi connectivity index (χ2n) is 25.0. The van der Waals surface area contributed by atoms with Crippen LogP contribution >= 0.6 is 0 Å². The largest absolute Gasteiger partial charge is 0.462 e. The summed E-state index contributed by atoms with van der Waals surface area (Å²) in [5.41, 5.74) is 0. The molecule has 5 nitrogen and oxygen atoms in total. The Hall–Kier alpha value is -1.88. The van der Waals surface area contributed by atoms with Crippen molar-refractivity contribution in [1.82, 2.24) is 0 Å². The summed E-state index contributed by atoms with van der Waals surface area (Å²) in [6, 6.07) is 0. The number of aliphatic hydroxyl groups excluding tert-OH is 1. The van der Waals surface area contributed by atoms with Crippen molar-refractivity contribution in [2.24, 2.45) is 0 Å². The number of unbranched alkanes of at least 4 members (excludes halogenated alkanes) is 55. The third-order valence-corrected chi connectivity index (χ3v) is 16.9. The highest BCUT2D eigenvalue weighted by Crippen LogP contribution is 2.19. The molecule has 1 N–H and O–H groups in total. The molecule has 0 aliphatic rings. The Labute approximate surface area is 501 Å². The predicted octanol–water partition coefficient (Wildman–Crippen LogP) is 25.3. The van der Waals surface area contributed by atoms with Crippen LogP contribution in [0, 0.1) is 0 Å². The number of carbonyl (C=O) groups is 2. The first kappa shape index (κ1) is 78.1. The second kappa shape index (κ2) is 71.4. The van der Waals surface area contributed by atoms with Crippen molar-refractivity contribution >= 4 is 11.9 Å². The number of ether oxygens (including phenoxy) is 2. The van der Waals surface area contributed by atoms with Crippen molar-refractivity contribution in [2.45, 2.75) is 418 Å². The summed E-state index contributed by atoms with van der Waals surface area (Å²) < 4.78 is 10.8. The first-order valence-electron chi connectivity index (χ1n) is 36.5. The van der Waals surface area contributed by atoms with Crippen LogP contribution in [0.5, 0.6) is 0 Å². The fourth-order valence-electron chi connectivity index (χ4n) is 11.4. The van der Waals surface area contributed by atoms with Crippen LogP contribution in [0.3, 0.4) is 0 Å². The molecule has 0 spiro atoms. The van der Waals surface area contributed by atoms with Crippen molar-refractivity contribution in [2.75, 3.05) is 13.2 Å². The Morgan fingerprint density at radius 3 is 0.750 bits per heavy atom. The molecule has 0 aliphatic heterocycles. The van der Waals surface area contributed by atoms with Gasteiger partial charge in [-0.05, 0) is 70.6 Å². The van der Waals surface area contributed by atoms with E-state index in [2.05, 4.69) is 50.3 Å². The highest BCUT2D eigenvalue weighted by atomic mass is 16.6. The molecule has 0 heterocycles. The molecule has 0 radical (unpaired) electrons. The summed E-state index contributed by atoms with van der Waals surface area (Å²) in [7, 11) is 0. The molecule has 5 heteroatoms. The van der Waals surface area contributed by atoms with Gasteiger partial charge in [0.25, 0.3) is 0 Å². The van der Waals surface area contributed by atoms with E-state index in [9.17, 15) is 14.7 Å². The van der Waals surface area contributed by atoms with Crippen molar-refractivity contribution in [3.63, 3.8) is 0 Å². The average molecular weight is 1120 g/mol. The van der Waals surface area contributed by atoms with Gasteiger partial charge in [-0.2, -0.15) is 0 Å². The lowest BCUT2D eigenvalue weighted by molar-refractivity contribution is -0.161. The normalized spacial score (nSPS) is 12.3. The van der Waals surface area contributed by atoms with E-state index in [1.165, 1.54) is 347 Å². The zero-order chi connectivity index (χ0) is 57.6. The molecule has 0 saturated carbocycles. The van der Waals surface area contributed by atoms with Crippen molar-refractivity contribution in [3.8, 4) is 0 Å². The van der Waals surface area contributed by atoms with Crippen LogP contribution in [0.1, 0.15) is 412 Å². The van der Waals surface area contributed by atoms with Gasteiger partial charge in [-0.25, -0.2) is 0 Å². The lowest BCUT2D eigenvalue weighted by Crippen LogP contribution is -2.28. The van der Waals surface area contributed by atoms with E-state index in [0.29, 0.717) is 12.8 Å². The van der Waals surface area contributed by atoms with Gasteiger partial charge in [-0.1, -0.05) is 365 Å². The topological polar surface area (TPSA) is 72.8 Å². The van der Waals surface area contributed by atoms with Crippen LogP contribution < -0.4 is 0 Å². The van der Waals surface area contributed by atoms with Gasteiger partial charge < -0.3 is 14.6 Å². The first-order valence-corrected chi connectivity index (χ1v) is 36.5. The lowest BCUT2D eigenvalue weighted by Gasteiger charge is -2.15. The molecular formula is C75H142O5. The minimum Gasteiger partial charge on any atom is -0.462 e. The van der Waals surface area contributed by atoms with Gasteiger partial charge in [0.1, 0.15) is 6.61 Å². The third-order valence-electron chi connectivity index (χ3n) is 16.9. The number of hydrogen-bond acceptors (Lipinski definition) is 5. The third kappa shape index (κ3) is 68.6. The first-order chi connectivity index (χ1) is 39.6. The zero-order valence-corrected chi connectivity index (χ0v) is 54.4. The molecule has 472 valence electrons. The number of carbonyl (C=O) groups excluding carboxylic acids is 2. The Kier molecular flexibility index (Phi) is 69.7. The molecule has 0 fully saturated rings. The van der Waals surface area contributed by atoms with Crippen LogP contribution in [0.4, 0.5) is 0 Å². The van der Waals surface area contributed by atoms with E-state index in [0.717, 1.165) is 38.5 Å². The Bertz CT molecular complexity index is 1270. The van der Waals surface area contributed by atoms with Gasteiger partial charge in [-0.15, -0.1) is 0 Å². The highest BCUT2D eigenvalue weighted by Gasteiger charge is 2.16. The van der Waals surface area contributed by atoms with Crippen molar-refractivity contribution in [1.29, 1.82) is 0 Å². The number of aliphatic hydroxyl groups is 1. The molecule has 0 saturated heterocycles. The summed E-state index contributed by atoms with van der Waals surface area (Å²) >= 11 is 0. The molecule has 0 rings (SSSR count). The van der Waals surface area contributed by atoms with E-state index in [1.54, 1.807) is 0 Å². The molecule has 0 bridgehead atoms. The molecule has 1 unspecified atom stereocenters. The quantitative estimate of drug-likeness (QED) is 0.0373. The van der Waals surface area contributed by atoms with E-state index < -0.39 is 6.10 Å². The molecule has 1 atom stereocenters. The van der Waals surface area contributed by atoms with Crippen LogP contribution in [0.2, 0.25) is 0 Å². The summed E-state index contributed by atoms with van der Waals surface area (Å²) in [6.07, 6.45) is 94.9. The summed E-state index contributed by atoms with van der Waals surface area (Å²) in [4.78, 5) is 24.7. The molecule has 80 heavy (non-hydrogen) atoms. The number of esters is 2. The highest BCUT2D eigenvalue weighted by molar-refractivity contribution is 5.70. The van der Waals surface area contributed by atoms with Gasteiger partial charge >= 0.3 is 11.9 Å². The SMILES string of the molecule is CCCCCCC/C=C\C/C=C\CCCCCCCCCCCCCCCCCCCCCCCCCCCC(=O)OC(CO)COC(=O)CCCCCCCCCCCCCCCCCCC/C=C\CCCCCCCCCC. The smallest absolute Gasteiger partial charge is 0.306 e. The summed E-state index contributed by atoms with van der Waals surface area (Å²) in [5, 5.41) is 9.71. The average Bonchev–Trinajstić information content (AvgIpc) is 3.46. The van der Waals surface area contributed by atoms with Crippen LogP contribution in [0.15, 0.2) is 36.5 Å². The molecule has 0 aromatic rings. The summed E-state index contributed by atoms with van der Waals surface area (Å²) in [5.74, 6) is -0.564. The van der Waals surface area contributed by atoms with Crippen LogP contribution in [-0.4, -0.2) is 36.4 Å². The van der Waals surface area contributed by atoms with Crippen molar-refractivity contribution in [3.05, 3.63) is 36.5 Å². The Balaban J connectivity index is 3.37. The molecule has 0 aliphatic carbocycles. The molecule has 0 aromatic carbocycles. The molecule has 0 amide bonds. The number of allylic oxidation sites excluding steroid dienone is 6. The lowest BCUT2D eigenvalue weighted by atomic mass is 10.0. The molecular weight excluding hydrogens is 981 g/mol. The van der Waals surface area contributed by atoms with Gasteiger partial charge in [0.15, 0.2) is 6.10 Å². The van der Waals surface area contributed by atoms with E-state index in [-0.39, 0.29) is 25.2 Å². The van der Waals surface area contributed by atoms with Gasteiger partial charge in [-0.3, -0.25) is 9.59 Å². The van der Waals surface area contributed by atoms with Gasteiger partial charge in [0.05, 0.1) is 6.61 Å². The van der Waals surface area contributed by atoms with E-state index in [4.69, 9.17) is 9.47 Å². The molecule has 0 aromatic heterocycles.